The van der Waals surface area contributed by atoms with Crippen molar-refractivity contribution in [2.75, 3.05) is 6.61 Å². The molecule has 2 aromatic rings. The Bertz CT molecular complexity index is 650. The van der Waals surface area contributed by atoms with Crippen molar-refractivity contribution in [3.8, 4) is 5.75 Å². The molecule has 2 aromatic carbocycles. The van der Waals surface area contributed by atoms with Gasteiger partial charge in [-0.3, -0.25) is 0 Å². The maximum atomic E-state index is 6.35. The third-order valence-corrected chi connectivity index (χ3v) is 4.37. The van der Waals surface area contributed by atoms with Crippen molar-refractivity contribution in [1.82, 2.24) is 0 Å². The third-order valence-electron chi connectivity index (χ3n) is 4.15. The van der Waals surface area contributed by atoms with Crippen LogP contribution in [0.15, 0.2) is 42.5 Å². The SMILES string of the molecule is CC(N)Cc1cc(Cl)cc(Cc2ccccc2)c1OCC1CC1. The van der Waals surface area contributed by atoms with Crippen LogP contribution in [0.1, 0.15) is 36.5 Å². The number of hydrogen-bond acceptors (Lipinski definition) is 2. The second kappa shape index (κ2) is 7.37. The van der Waals surface area contributed by atoms with Gasteiger partial charge in [0.15, 0.2) is 0 Å². The molecule has 0 heterocycles. The molecule has 1 saturated carbocycles. The average molecular weight is 330 g/mol. The Hall–Kier alpha value is -1.51. The van der Waals surface area contributed by atoms with Gasteiger partial charge in [0.25, 0.3) is 0 Å². The summed E-state index contributed by atoms with van der Waals surface area (Å²) in [7, 11) is 0. The molecular formula is C20H24ClNO. The molecule has 1 unspecified atom stereocenters. The number of rotatable bonds is 7. The maximum Gasteiger partial charge on any atom is 0.126 e. The summed E-state index contributed by atoms with van der Waals surface area (Å²) < 4.78 is 6.21. The maximum absolute atomic E-state index is 6.35. The van der Waals surface area contributed by atoms with E-state index in [0.717, 1.165) is 47.3 Å². The van der Waals surface area contributed by atoms with E-state index in [2.05, 4.69) is 24.3 Å². The highest BCUT2D eigenvalue weighted by Crippen LogP contribution is 2.34. The molecule has 0 radical (unpaired) electrons. The second-order valence-corrected chi connectivity index (χ2v) is 7.09. The zero-order chi connectivity index (χ0) is 16.2. The highest BCUT2D eigenvalue weighted by molar-refractivity contribution is 6.30. The normalized spacial score (nSPS) is 15.4. The van der Waals surface area contributed by atoms with Gasteiger partial charge in [0.2, 0.25) is 0 Å². The van der Waals surface area contributed by atoms with Crippen molar-refractivity contribution in [3.05, 3.63) is 64.2 Å². The van der Waals surface area contributed by atoms with E-state index in [9.17, 15) is 0 Å². The minimum atomic E-state index is 0.0846. The number of hydrogen-bond donors (Lipinski definition) is 1. The van der Waals surface area contributed by atoms with Gasteiger partial charge in [-0.2, -0.15) is 0 Å². The second-order valence-electron chi connectivity index (χ2n) is 6.65. The fraction of sp³-hybridized carbons (Fsp3) is 0.400. The molecular weight excluding hydrogens is 306 g/mol. The summed E-state index contributed by atoms with van der Waals surface area (Å²) in [6, 6.07) is 14.5. The van der Waals surface area contributed by atoms with Crippen LogP contribution >= 0.6 is 11.6 Å². The van der Waals surface area contributed by atoms with Gasteiger partial charge < -0.3 is 10.5 Å². The van der Waals surface area contributed by atoms with E-state index in [0.29, 0.717) is 0 Å². The summed E-state index contributed by atoms with van der Waals surface area (Å²) in [5, 5.41) is 0.755. The number of nitrogens with two attached hydrogens (primary N) is 1. The lowest BCUT2D eigenvalue weighted by atomic mass is 9.98. The predicted octanol–water partition coefficient (Wildman–Crippen LogP) is 4.61. The molecule has 1 atom stereocenters. The molecule has 0 amide bonds. The van der Waals surface area contributed by atoms with Crippen molar-refractivity contribution in [2.45, 2.75) is 38.6 Å². The Morgan fingerprint density at radius 3 is 2.52 bits per heavy atom. The first-order valence-corrected chi connectivity index (χ1v) is 8.73. The Labute approximate surface area is 143 Å². The number of halogens is 1. The van der Waals surface area contributed by atoms with Crippen LogP contribution in [0.2, 0.25) is 5.02 Å². The minimum absolute atomic E-state index is 0.0846. The van der Waals surface area contributed by atoms with Gasteiger partial charge in [-0.25, -0.2) is 0 Å². The molecule has 122 valence electrons. The van der Waals surface area contributed by atoms with E-state index >= 15 is 0 Å². The van der Waals surface area contributed by atoms with Crippen LogP contribution < -0.4 is 10.5 Å². The van der Waals surface area contributed by atoms with Crippen molar-refractivity contribution in [2.24, 2.45) is 11.7 Å². The van der Waals surface area contributed by atoms with Crippen LogP contribution in [-0.4, -0.2) is 12.6 Å². The van der Waals surface area contributed by atoms with E-state index in [1.807, 2.05) is 25.1 Å². The molecule has 3 heteroatoms. The molecule has 2 N–H and O–H groups in total. The van der Waals surface area contributed by atoms with Gasteiger partial charge in [0, 0.05) is 23.0 Å². The third kappa shape index (κ3) is 4.73. The Morgan fingerprint density at radius 1 is 1.17 bits per heavy atom. The molecule has 23 heavy (non-hydrogen) atoms. The van der Waals surface area contributed by atoms with Crippen LogP contribution in [0.5, 0.6) is 5.75 Å². The van der Waals surface area contributed by atoms with Crippen LogP contribution in [0, 0.1) is 5.92 Å². The molecule has 1 fully saturated rings. The fourth-order valence-corrected chi connectivity index (χ4v) is 3.09. The lowest BCUT2D eigenvalue weighted by Crippen LogP contribution is -2.19. The summed E-state index contributed by atoms with van der Waals surface area (Å²) in [5.74, 6) is 1.71. The fourth-order valence-electron chi connectivity index (χ4n) is 2.83. The van der Waals surface area contributed by atoms with Gasteiger partial charge >= 0.3 is 0 Å². The van der Waals surface area contributed by atoms with E-state index in [-0.39, 0.29) is 6.04 Å². The summed E-state index contributed by atoms with van der Waals surface area (Å²) in [6.45, 7) is 2.82. The van der Waals surface area contributed by atoms with Gasteiger partial charge in [-0.15, -0.1) is 0 Å². The van der Waals surface area contributed by atoms with E-state index in [4.69, 9.17) is 22.1 Å². The van der Waals surface area contributed by atoms with Crippen molar-refractivity contribution < 1.29 is 4.74 Å². The summed E-state index contributed by atoms with van der Waals surface area (Å²) in [4.78, 5) is 0. The highest BCUT2D eigenvalue weighted by atomic mass is 35.5. The van der Waals surface area contributed by atoms with Crippen LogP contribution in [0.4, 0.5) is 0 Å². The lowest BCUT2D eigenvalue weighted by molar-refractivity contribution is 0.293. The lowest BCUT2D eigenvalue weighted by Gasteiger charge is -2.18. The molecule has 0 saturated heterocycles. The van der Waals surface area contributed by atoms with E-state index < -0.39 is 0 Å². The van der Waals surface area contributed by atoms with Crippen LogP contribution in [0.3, 0.4) is 0 Å². The van der Waals surface area contributed by atoms with Gasteiger partial charge in [0.05, 0.1) is 6.61 Å². The molecule has 3 rings (SSSR count). The molecule has 0 bridgehead atoms. The van der Waals surface area contributed by atoms with Gasteiger partial charge in [0.1, 0.15) is 5.75 Å². The van der Waals surface area contributed by atoms with Gasteiger partial charge in [-0.05, 0) is 55.4 Å². The average Bonchev–Trinajstić information content (AvgIpc) is 3.31. The summed E-state index contributed by atoms with van der Waals surface area (Å²) >= 11 is 6.35. The monoisotopic (exact) mass is 329 g/mol. The van der Waals surface area contributed by atoms with Crippen LogP contribution in [-0.2, 0) is 12.8 Å². The quantitative estimate of drug-likeness (QED) is 0.805. The highest BCUT2D eigenvalue weighted by Gasteiger charge is 2.23. The zero-order valence-corrected chi connectivity index (χ0v) is 14.4. The largest absolute Gasteiger partial charge is 0.493 e. The van der Waals surface area contributed by atoms with Crippen molar-refractivity contribution in [1.29, 1.82) is 0 Å². The topological polar surface area (TPSA) is 35.2 Å². The molecule has 0 aliphatic heterocycles. The standard InChI is InChI=1S/C20H24ClNO/c1-14(22)9-17-11-19(21)12-18(10-15-5-3-2-4-6-15)20(17)23-13-16-7-8-16/h2-6,11-12,14,16H,7-10,13,22H2,1H3. The number of ether oxygens (including phenoxy) is 1. The van der Waals surface area contributed by atoms with Crippen LogP contribution in [0.25, 0.3) is 0 Å². The summed E-state index contributed by atoms with van der Waals surface area (Å²) in [6.07, 6.45) is 4.17. The first kappa shape index (κ1) is 16.4. The molecule has 1 aliphatic rings. The van der Waals surface area contributed by atoms with Crippen molar-refractivity contribution in [3.63, 3.8) is 0 Å². The Balaban J connectivity index is 1.91. The van der Waals surface area contributed by atoms with Crippen molar-refractivity contribution >= 4 is 11.6 Å². The van der Waals surface area contributed by atoms with E-state index in [1.54, 1.807) is 0 Å². The Kier molecular flexibility index (Phi) is 5.24. The Morgan fingerprint density at radius 2 is 1.87 bits per heavy atom. The number of benzene rings is 2. The first-order valence-electron chi connectivity index (χ1n) is 8.35. The molecule has 1 aliphatic carbocycles. The predicted molar refractivity (Wildman–Crippen MR) is 96.3 cm³/mol. The smallest absolute Gasteiger partial charge is 0.126 e. The minimum Gasteiger partial charge on any atom is -0.493 e. The first-order chi connectivity index (χ1) is 11.1. The zero-order valence-electron chi connectivity index (χ0n) is 13.6. The molecule has 2 nitrogen and oxygen atoms in total. The summed E-state index contributed by atoms with van der Waals surface area (Å²) in [5.41, 5.74) is 9.55. The molecule has 0 spiro atoms. The molecule has 0 aromatic heterocycles. The van der Waals surface area contributed by atoms with E-state index in [1.165, 1.54) is 18.4 Å². The van der Waals surface area contributed by atoms with Gasteiger partial charge in [-0.1, -0.05) is 41.9 Å².